The minimum Gasteiger partial charge on any atom is -0.453 e. The van der Waals surface area contributed by atoms with Gasteiger partial charge < -0.3 is 25.2 Å². The van der Waals surface area contributed by atoms with E-state index < -0.39 is 18.2 Å². The number of halogens is 1. The maximum atomic E-state index is 13.0. The molecule has 1 aliphatic rings. The normalized spacial score (nSPS) is 15.3. The lowest BCUT2D eigenvalue weighted by molar-refractivity contribution is -0.133. The van der Waals surface area contributed by atoms with Gasteiger partial charge in [0.05, 0.1) is 7.11 Å². The van der Waals surface area contributed by atoms with Crippen molar-refractivity contribution >= 4 is 18.0 Å². The Morgan fingerprint density at radius 2 is 1.76 bits per heavy atom. The number of benzene rings is 1. The van der Waals surface area contributed by atoms with Crippen molar-refractivity contribution in [2.24, 2.45) is 0 Å². The molecule has 0 bridgehead atoms. The Hall–Kier alpha value is -2.84. The zero-order valence-corrected chi connectivity index (χ0v) is 16.9. The van der Waals surface area contributed by atoms with Gasteiger partial charge in [-0.05, 0) is 30.5 Å². The first-order chi connectivity index (χ1) is 13.9. The molecule has 9 heteroatoms. The average Bonchev–Trinajstić information content (AvgIpc) is 2.98. The SMILES string of the molecule is CCCC(NC(=O)NCc1ccc(F)cc1)C(=O)N1CCCN(C(=O)OC)CC1. The van der Waals surface area contributed by atoms with Crippen LogP contribution in [0.15, 0.2) is 24.3 Å². The summed E-state index contributed by atoms with van der Waals surface area (Å²) in [7, 11) is 1.34. The van der Waals surface area contributed by atoms with E-state index in [0.717, 1.165) is 12.0 Å². The lowest BCUT2D eigenvalue weighted by Crippen LogP contribution is -2.51. The zero-order chi connectivity index (χ0) is 21.2. The van der Waals surface area contributed by atoms with Gasteiger partial charge in [0, 0.05) is 32.7 Å². The van der Waals surface area contributed by atoms with E-state index in [1.807, 2.05) is 6.92 Å². The largest absolute Gasteiger partial charge is 0.453 e. The number of carbonyl (C=O) groups excluding carboxylic acids is 3. The van der Waals surface area contributed by atoms with Crippen LogP contribution in [0.2, 0.25) is 0 Å². The summed E-state index contributed by atoms with van der Waals surface area (Å²) in [5.41, 5.74) is 0.760. The van der Waals surface area contributed by atoms with Crippen molar-refractivity contribution in [1.82, 2.24) is 20.4 Å². The Labute approximate surface area is 170 Å². The van der Waals surface area contributed by atoms with Crippen LogP contribution in [-0.2, 0) is 16.1 Å². The highest BCUT2D eigenvalue weighted by molar-refractivity contribution is 5.87. The molecule has 0 aromatic heterocycles. The molecular weight excluding hydrogens is 379 g/mol. The minimum absolute atomic E-state index is 0.157. The molecule has 0 spiro atoms. The van der Waals surface area contributed by atoms with Gasteiger partial charge in [0.15, 0.2) is 0 Å². The van der Waals surface area contributed by atoms with Crippen LogP contribution in [0.4, 0.5) is 14.0 Å². The molecule has 8 nitrogen and oxygen atoms in total. The number of nitrogens with one attached hydrogen (secondary N) is 2. The minimum atomic E-state index is -0.641. The molecule has 1 atom stereocenters. The molecule has 1 fully saturated rings. The van der Waals surface area contributed by atoms with Crippen LogP contribution in [-0.4, -0.2) is 67.2 Å². The van der Waals surface area contributed by atoms with Crippen molar-refractivity contribution in [2.45, 2.75) is 38.8 Å². The Morgan fingerprint density at radius 3 is 2.41 bits per heavy atom. The van der Waals surface area contributed by atoms with E-state index >= 15 is 0 Å². The van der Waals surface area contributed by atoms with Crippen molar-refractivity contribution in [3.8, 4) is 0 Å². The standard InChI is InChI=1S/C20H29FN4O4/c1-3-5-17(23-19(27)22-14-15-6-8-16(21)9-7-15)18(26)24-10-4-11-25(13-12-24)20(28)29-2/h6-9,17H,3-5,10-14H2,1-2H3,(H2,22,23,27). The molecule has 1 aliphatic heterocycles. The van der Waals surface area contributed by atoms with E-state index in [-0.39, 0.29) is 18.3 Å². The Morgan fingerprint density at radius 1 is 1.10 bits per heavy atom. The molecule has 1 aromatic rings. The monoisotopic (exact) mass is 408 g/mol. The predicted molar refractivity (Wildman–Crippen MR) is 106 cm³/mol. The first kappa shape index (κ1) is 22.4. The molecule has 1 unspecified atom stereocenters. The Kier molecular flexibility index (Phi) is 8.69. The summed E-state index contributed by atoms with van der Waals surface area (Å²) in [4.78, 5) is 40.2. The third kappa shape index (κ3) is 6.92. The molecule has 1 saturated heterocycles. The van der Waals surface area contributed by atoms with E-state index in [1.54, 1.807) is 21.9 Å². The zero-order valence-electron chi connectivity index (χ0n) is 16.9. The van der Waals surface area contributed by atoms with Crippen molar-refractivity contribution in [3.05, 3.63) is 35.6 Å². The third-order valence-electron chi connectivity index (χ3n) is 4.79. The fourth-order valence-electron chi connectivity index (χ4n) is 3.21. The predicted octanol–water partition coefficient (Wildman–Crippen LogP) is 2.09. The Bertz CT molecular complexity index is 698. The molecule has 160 valence electrons. The number of methoxy groups -OCH3 is 1. The topological polar surface area (TPSA) is 91.0 Å². The van der Waals surface area contributed by atoms with Crippen LogP contribution in [0, 0.1) is 5.82 Å². The van der Waals surface area contributed by atoms with E-state index in [1.165, 1.54) is 19.2 Å². The van der Waals surface area contributed by atoms with Gasteiger partial charge in [0.1, 0.15) is 11.9 Å². The summed E-state index contributed by atoms with van der Waals surface area (Å²) in [6.45, 7) is 4.02. The molecule has 0 aliphatic carbocycles. The second-order valence-electron chi connectivity index (χ2n) is 6.93. The van der Waals surface area contributed by atoms with E-state index in [4.69, 9.17) is 4.74 Å². The van der Waals surface area contributed by atoms with Gasteiger partial charge in [0.2, 0.25) is 5.91 Å². The van der Waals surface area contributed by atoms with Gasteiger partial charge in [0.25, 0.3) is 0 Å². The van der Waals surface area contributed by atoms with Crippen molar-refractivity contribution in [1.29, 1.82) is 0 Å². The van der Waals surface area contributed by atoms with Gasteiger partial charge in [-0.3, -0.25) is 4.79 Å². The van der Waals surface area contributed by atoms with Gasteiger partial charge in [-0.1, -0.05) is 25.5 Å². The number of hydrogen-bond donors (Lipinski definition) is 2. The summed E-state index contributed by atoms with van der Waals surface area (Å²) in [6.07, 6.45) is 1.50. The van der Waals surface area contributed by atoms with Gasteiger partial charge in [-0.2, -0.15) is 0 Å². The fourth-order valence-corrected chi connectivity index (χ4v) is 3.21. The molecule has 2 rings (SSSR count). The summed E-state index contributed by atoms with van der Waals surface area (Å²) in [5, 5.41) is 5.44. The van der Waals surface area contributed by atoms with Gasteiger partial charge >= 0.3 is 12.1 Å². The van der Waals surface area contributed by atoms with Crippen LogP contribution >= 0.6 is 0 Å². The van der Waals surface area contributed by atoms with Crippen molar-refractivity contribution in [3.63, 3.8) is 0 Å². The maximum absolute atomic E-state index is 13.0. The van der Waals surface area contributed by atoms with Crippen LogP contribution in [0.3, 0.4) is 0 Å². The second kappa shape index (κ2) is 11.2. The summed E-state index contributed by atoms with van der Waals surface area (Å²) in [5.74, 6) is -0.495. The lowest BCUT2D eigenvalue weighted by atomic mass is 10.1. The number of nitrogens with zero attached hydrogens (tertiary/aromatic N) is 2. The van der Waals surface area contributed by atoms with Gasteiger partial charge in [-0.25, -0.2) is 14.0 Å². The highest BCUT2D eigenvalue weighted by atomic mass is 19.1. The number of carbonyl (C=O) groups is 3. The van der Waals surface area contributed by atoms with Crippen LogP contribution in [0.1, 0.15) is 31.7 Å². The molecule has 2 N–H and O–H groups in total. The number of rotatable bonds is 6. The summed E-state index contributed by atoms with van der Waals surface area (Å²) < 4.78 is 17.7. The number of amides is 4. The second-order valence-corrected chi connectivity index (χ2v) is 6.93. The van der Waals surface area contributed by atoms with E-state index in [9.17, 15) is 18.8 Å². The first-order valence-electron chi connectivity index (χ1n) is 9.85. The highest BCUT2D eigenvalue weighted by Crippen LogP contribution is 2.09. The lowest BCUT2D eigenvalue weighted by Gasteiger charge is -2.27. The molecular formula is C20H29FN4O4. The van der Waals surface area contributed by atoms with E-state index in [0.29, 0.717) is 39.0 Å². The van der Waals surface area contributed by atoms with E-state index in [2.05, 4.69) is 10.6 Å². The van der Waals surface area contributed by atoms with Crippen molar-refractivity contribution in [2.75, 3.05) is 33.3 Å². The van der Waals surface area contributed by atoms with Gasteiger partial charge in [-0.15, -0.1) is 0 Å². The summed E-state index contributed by atoms with van der Waals surface area (Å²) >= 11 is 0. The van der Waals surface area contributed by atoms with Crippen LogP contribution < -0.4 is 10.6 Å². The molecule has 0 saturated carbocycles. The van der Waals surface area contributed by atoms with Crippen LogP contribution in [0.25, 0.3) is 0 Å². The fraction of sp³-hybridized carbons (Fsp3) is 0.550. The number of urea groups is 1. The third-order valence-corrected chi connectivity index (χ3v) is 4.79. The summed E-state index contributed by atoms with van der Waals surface area (Å²) in [6, 6.07) is 4.75. The highest BCUT2D eigenvalue weighted by Gasteiger charge is 2.28. The number of ether oxygens (including phenoxy) is 1. The average molecular weight is 408 g/mol. The Balaban J connectivity index is 1.89. The molecule has 1 aromatic carbocycles. The van der Waals surface area contributed by atoms with Crippen LogP contribution in [0.5, 0.6) is 0 Å². The molecule has 1 heterocycles. The maximum Gasteiger partial charge on any atom is 0.409 e. The van der Waals surface area contributed by atoms with Crippen molar-refractivity contribution < 1.29 is 23.5 Å². The quantitative estimate of drug-likeness (QED) is 0.754. The molecule has 4 amide bonds. The smallest absolute Gasteiger partial charge is 0.409 e. The number of hydrogen-bond acceptors (Lipinski definition) is 4. The molecule has 29 heavy (non-hydrogen) atoms. The first-order valence-corrected chi connectivity index (χ1v) is 9.85. The molecule has 0 radical (unpaired) electrons.